The Morgan fingerprint density at radius 3 is 2.50 bits per heavy atom. The predicted molar refractivity (Wildman–Crippen MR) is 142 cm³/mol. The molecule has 1 saturated carbocycles. The molecule has 1 unspecified atom stereocenters. The maximum absolute atomic E-state index is 13.8. The second-order valence-electron chi connectivity index (χ2n) is 10.6. The summed E-state index contributed by atoms with van der Waals surface area (Å²) in [7, 11) is 0.743. The number of primary amides is 1. The number of nitrogens with zero attached hydrogens (tertiary/aromatic N) is 1. The van der Waals surface area contributed by atoms with E-state index in [-0.39, 0.29) is 29.7 Å². The Bertz CT molecular complexity index is 1410. The number of aliphatic hydroxyl groups excluding tert-OH is 2. The minimum Gasteiger partial charge on any atom is -0.508 e. The Kier molecular flexibility index (Phi) is 6.98. The van der Waals surface area contributed by atoms with Crippen LogP contribution < -0.4 is 10.5 Å². The van der Waals surface area contributed by atoms with Crippen molar-refractivity contribution < 1.29 is 39.0 Å². The largest absolute Gasteiger partial charge is 0.508 e. The fraction of sp³-hybridized carbons (Fsp3) is 0.462. The van der Waals surface area contributed by atoms with Crippen LogP contribution in [0.1, 0.15) is 29.5 Å². The Hall–Kier alpha value is -3.19. The van der Waals surface area contributed by atoms with Gasteiger partial charge in [0, 0.05) is 34.0 Å². The molecule has 0 saturated heterocycles. The molecule has 206 valence electrons. The lowest BCUT2D eigenvalue weighted by Crippen LogP contribution is -2.65. The van der Waals surface area contributed by atoms with Gasteiger partial charge in [0.1, 0.15) is 22.8 Å². The fourth-order valence-electron chi connectivity index (χ4n) is 6.11. The van der Waals surface area contributed by atoms with E-state index in [4.69, 9.17) is 5.73 Å². The normalized spacial score (nSPS) is 28.6. The predicted octanol–water partition coefficient (Wildman–Crippen LogP) is -0.253. The zero-order chi connectivity index (χ0) is 28.3. The van der Waals surface area contributed by atoms with Crippen LogP contribution in [0.15, 0.2) is 29.0 Å². The number of nitrogens with one attached hydrogen (secondary N) is 1. The molecule has 7 N–H and O–H groups in total. The lowest BCUT2D eigenvalue weighted by molar-refractivity contribution is -0.153. The number of carbonyl (C=O) groups is 3. The number of aromatic hydroxyl groups is 1. The van der Waals surface area contributed by atoms with Gasteiger partial charge in [0.25, 0.3) is 5.91 Å². The molecule has 0 aromatic heterocycles. The average molecular weight is 548 g/mol. The number of nitrogens with two attached hydrogens (primary N) is 1. The number of ketones is 2. The van der Waals surface area contributed by atoms with Crippen molar-refractivity contribution >= 4 is 38.8 Å². The summed E-state index contributed by atoms with van der Waals surface area (Å²) in [5.74, 6) is -3.20. The van der Waals surface area contributed by atoms with Gasteiger partial charge in [-0.1, -0.05) is 6.07 Å². The molecule has 5 atom stereocenters. The van der Waals surface area contributed by atoms with Crippen molar-refractivity contribution in [3.05, 3.63) is 45.7 Å². The van der Waals surface area contributed by atoms with Gasteiger partial charge in [-0.25, -0.2) is 4.72 Å². The molecule has 0 bridgehead atoms. The van der Waals surface area contributed by atoms with Gasteiger partial charge >= 0.3 is 0 Å². The van der Waals surface area contributed by atoms with E-state index in [1.807, 2.05) is 0 Å². The summed E-state index contributed by atoms with van der Waals surface area (Å²) < 4.78 is 14.7. The first-order chi connectivity index (χ1) is 17.6. The van der Waals surface area contributed by atoms with Crippen LogP contribution in [0.25, 0.3) is 5.76 Å². The van der Waals surface area contributed by atoms with Crippen molar-refractivity contribution in [2.45, 2.75) is 37.3 Å². The van der Waals surface area contributed by atoms with Gasteiger partial charge in [0.15, 0.2) is 11.4 Å². The molecular formula is C26H33N3O8S. The Balaban J connectivity index is 1.82. The van der Waals surface area contributed by atoms with Crippen LogP contribution in [0.3, 0.4) is 0 Å². The minimum absolute atomic E-state index is 0.0296. The highest BCUT2D eigenvalue weighted by Gasteiger charge is 2.64. The third kappa shape index (κ3) is 4.31. The summed E-state index contributed by atoms with van der Waals surface area (Å²) in [5, 5.41) is 44.4. The quantitative estimate of drug-likeness (QED) is 0.152. The molecule has 0 aliphatic heterocycles. The van der Waals surface area contributed by atoms with Crippen LogP contribution in [0.2, 0.25) is 0 Å². The van der Waals surface area contributed by atoms with Gasteiger partial charge in [-0.2, -0.15) is 0 Å². The van der Waals surface area contributed by atoms with E-state index in [0.29, 0.717) is 24.9 Å². The molecule has 12 heteroatoms. The highest BCUT2D eigenvalue weighted by molar-refractivity contribution is 7.97. The van der Waals surface area contributed by atoms with Crippen molar-refractivity contribution in [3.8, 4) is 5.75 Å². The summed E-state index contributed by atoms with van der Waals surface area (Å²) in [6.45, 7) is 0.430. The third-order valence-electron chi connectivity index (χ3n) is 7.73. The zero-order valence-electron chi connectivity index (χ0n) is 21.5. The van der Waals surface area contributed by atoms with E-state index in [1.165, 1.54) is 17.2 Å². The Labute approximate surface area is 220 Å². The van der Waals surface area contributed by atoms with Crippen molar-refractivity contribution in [2.24, 2.45) is 17.6 Å². The Morgan fingerprint density at radius 1 is 1.26 bits per heavy atom. The highest BCUT2D eigenvalue weighted by Crippen LogP contribution is 2.52. The van der Waals surface area contributed by atoms with Gasteiger partial charge in [0.05, 0.1) is 11.6 Å². The molecule has 3 aliphatic carbocycles. The van der Waals surface area contributed by atoms with Gasteiger partial charge in [-0.15, -0.1) is 0 Å². The van der Waals surface area contributed by atoms with Crippen LogP contribution >= 0.6 is 0 Å². The van der Waals surface area contributed by atoms with E-state index in [2.05, 4.69) is 10.6 Å². The van der Waals surface area contributed by atoms with Crippen molar-refractivity contribution in [1.29, 1.82) is 0 Å². The van der Waals surface area contributed by atoms with Crippen LogP contribution in [0.4, 0.5) is 0 Å². The van der Waals surface area contributed by atoms with Crippen LogP contribution in [0, 0.1) is 11.8 Å². The maximum Gasteiger partial charge on any atom is 0.255 e. The maximum atomic E-state index is 13.8. The molecule has 0 heterocycles. The summed E-state index contributed by atoms with van der Waals surface area (Å²) in [4.78, 5) is 40.5. The number of likely N-dealkylation sites (N-methyl/N-ethyl adjacent to an activating group) is 1. The molecule has 1 fully saturated rings. The highest BCUT2D eigenvalue weighted by atomic mass is 32.2. The van der Waals surface area contributed by atoms with Crippen molar-refractivity contribution in [2.75, 3.05) is 26.9 Å². The number of rotatable bonds is 7. The number of benzene rings is 1. The summed E-state index contributed by atoms with van der Waals surface area (Å²) in [6.07, 6.45) is 2.86. The van der Waals surface area contributed by atoms with Crippen LogP contribution in [0.5, 0.6) is 5.75 Å². The molecular weight excluding hydrogens is 514 g/mol. The zero-order valence-corrected chi connectivity index (χ0v) is 22.3. The summed E-state index contributed by atoms with van der Waals surface area (Å²) in [6, 6.07) is 1.99. The minimum atomic E-state index is -2.66. The number of Topliss-reactive ketones (excluding diaryl/α,β-unsaturated/α-hetero) is 2. The van der Waals surface area contributed by atoms with E-state index in [0.717, 1.165) is 5.56 Å². The third-order valence-corrected chi connectivity index (χ3v) is 8.55. The van der Waals surface area contributed by atoms with Gasteiger partial charge in [0.2, 0.25) is 5.78 Å². The van der Waals surface area contributed by atoms with E-state index >= 15 is 0 Å². The molecule has 11 nitrogen and oxygen atoms in total. The standard InChI is InChI=1S/C26H33N3O8S/c1-29(2)20-15-11-13-10-14-12(6-5-9-28-38(3,4)37)7-8-16(30)18(14)21(31)17(13)23(33)26(15,36)24(34)19(22(20)32)25(27)35/h7-8,13,15,20,30-31,34,36H,3,5-6,9-11H2,1-2,4H3,(H2,27,35)(H,28,37)/t13-,15-,20-,26-,38?/m0/s1. The Morgan fingerprint density at radius 2 is 1.92 bits per heavy atom. The second kappa shape index (κ2) is 9.53. The van der Waals surface area contributed by atoms with Gasteiger partial charge < -0.3 is 26.2 Å². The molecule has 1 aromatic rings. The first-order valence-corrected chi connectivity index (χ1v) is 14.3. The lowest BCUT2D eigenvalue weighted by Gasteiger charge is -2.50. The monoisotopic (exact) mass is 547 g/mol. The van der Waals surface area contributed by atoms with E-state index in [9.17, 15) is 39.0 Å². The number of aliphatic hydroxyl groups is 3. The lowest BCUT2D eigenvalue weighted by atomic mass is 9.57. The number of amides is 1. The van der Waals surface area contributed by atoms with E-state index in [1.54, 1.807) is 20.2 Å². The molecule has 1 amide bonds. The SMILES string of the molecule is C=S(C)(=O)NCCCc1ccc(O)c2c1C[C@H]1C[C@H]3[C@H](N(C)C)C(=O)C(C(N)=O)=C(O)[C@@]3(O)C(=O)C1=C2O. The number of aryl methyl sites for hydroxylation is 1. The van der Waals surface area contributed by atoms with Crippen molar-refractivity contribution in [3.63, 3.8) is 0 Å². The molecule has 1 aromatic carbocycles. The first-order valence-electron chi connectivity index (χ1n) is 12.2. The van der Waals surface area contributed by atoms with Gasteiger partial charge in [-0.05, 0) is 68.8 Å². The molecule has 3 aliphatic rings. The number of phenolic OH excluding ortho intramolecular Hbond substituents is 1. The molecule has 4 rings (SSSR count). The first kappa shape index (κ1) is 27.8. The summed E-state index contributed by atoms with van der Waals surface area (Å²) >= 11 is 0. The smallest absolute Gasteiger partial charge is 0.255 e. The molecule has 0 radical (unpaired) electrons. The van der Waals surface area contributed by atoms with Crippen LogP contribution in [-0.2, 0) is 36.9 Å². The van der Waals surface area contributed by atoms with Gasteiger partial charge in [-0.3, -0.25) is 23.5 Å². The number of hydrogen-bond donors (Lipinski definition) is 6. The topological polar surface area (TPSA) is 190 Å². The average Bonchev–Trinajstić information content (AvgIpc) is 2.79. The number of hydrogen-bond acceptors (Lipinski definition) is 9. The fourth-order valence-corrected chi connectivity index (χ4v) is 6.69. The van der Waals surface area contributed by atoms with Crippen LogP contribution in [-0.4, -0.2) is 91.4 Å². The van der Waals surface area contributed by atoms with Crippen molar-refractivity contribution in [1.82, 2.24) is 9.62 Å². The number of phenols is 1. The second-order valence-corrected chi connectivity index (χ2v) is 12.9. The number of fused-ring (bicyclic) bond motifs is 3. The van der Waals surface area contributed by atoms with E-state index < -0.39 is 67.8 Å². The number of carbonyl (C=O) groups excluding carboxylic acids is 3. The molecule has 38 heavy (non-hydrogen) atoms. The summed E-state index contributed by atoms with van der Waals surface area (Å²) in [5.41, 5.74) is 3.14. The molecule has 0 spiro atoms.